The van der Waals surface area contributed by atoms with E-state index in [-0.39, 0.29) is 53.3 Å². The maximum Gasteiger partial charge on any atom is 0.270 e. The number of halogens is 2. The Morgan fingerprint density at radius 2 is 1.76 bits per heavy atom. The number of nitro benzene ring substituents is 1. The van der Waals surface area contributed by atoms with E-state index < -0.39 is 4.92 Å². The van der Waals surface area contributed by atoms with Crippen molar-refractivity contribution in [2.24, 2.45) is 28.8 Å². The Morgan fingerprint density at radius 1 is 1.06 bits per heavy atom. The van der Waals surface area contributed by atoms with Gasteiger partial charge < -0.3 is 4.74 Å². The molecule has 2 aliphatic carbocycles. The molecule has 8 nitrogen and oxygen atoms in total. The number of nitrogens with zero attached hydrogens (tertiary/aromatic N) is 3. The van der Waals surface area contributed by atoms with Crippen LogP contribution < -0.4 is 4.74 Å². The van der Waals surface area contributed by atoms with Crippen molar-refractivity contribution in [1.82, 2.24) is 5.01 Å². The molecule has 0 unspecified atom stereocenters. The fourth-order valence-electron chi connectivity index (χ4n) is 4.79. The van der Waals surface area contributed by atoms with Gasteiger partial charge in [-0.2, -0.15) is 10.1 Å². The third-order valence-electron chi connectivity index (χ3n) is 6.34. The fourth-order valence-corrected chi connectivity index (χ4v) is 5.11. The third-order valence-corrected chi connectivity index (χ3v) is 7.08. The lowest BCUT2D eigenvalue weighted by atomic mass is 9.85. The molecule has 2 bridgehead atoms. The molecule has 5 rings (SSSR count). The summed E-state index contributed by atoms with van der Waals surface area (Å²) in [5, 5.41) is 17.1. The molecule has 2 amide bonds. The van der Waals surface area contributed by atoms with Crippen molar-refractivity contribution in [3.05, 3.63) is 79.8 Å². The van der Waals surface area contributed by atoms with Gasteiger partial charge in [-0.05, 0) is 42.0 Å². The van der Waals surface area contributed by atoms with Crippen LogP contribution in [0.2, 0.25) is 10.0 Å². The van der Waals surface area contributed by atoms with E-state index in [1.54, 1.807) is 18.2 Å². The SMILES string of the molecule is O=C1[C@@H]2[C@H](C(=O)N1N=Cc1cc([N+](=O)[O-])ccc1OCc1ccc(Cl)c(Cl)c1)[C@H]1C=C[C@H]2C1. The number of allylic oxidation sites excluding steroid dienone is 2. The number of nitro groups is 1. The van der Waals surface area contributed by atoms with Gasteiger partial charge in [-0.3, -0.25) is 19.7 Å². The van der Waals surface area contributed by atoms with Crippen LogP contribution in [-0.2, 0) is 16.2 Å². The molecule has 4 atom stereocenters. The summed E-state index contributed by atoms with van der Waals surface area (Å²) in [6, 6.07) is 9.09. The number of non-ortho nitro benzene ring substituents is 1. The van der Waals surface area contributed by atoms with Crippen molar-refractivity contribution >= 4 is 46.9 Å². The number of carbonyl (C=O) groups excluding carboxylic acids is 2. The second-order valence-corrected chi connectivity index (χ2v) is 9.06. The van der Waals surface area contributed by atoms with Gasteiger partial charge in [0.15, 0.2) is 0 Å². The zero-order valence-electron chi connectivity index (χ0n) is 17.1. The minimum Gasteiger partial charge on any atom is -0.488 e. The van der Waals surface area contributed by atoms with Crippen LogP contribution in [0.5, 0.6) is 5.75 Å². The standard InChI is InChI=1S/C23H17Cl2N3O5/c24-17-5-1-12(7-18(17)25)11-33-19-6-4-16(28(31)32)9-15(19)10-26-27-22(29)20-13-2-3-14(8-13)21(20)23(27)30/h1-7,9-10,13-14,20-21H,8,11H2/t13-,14-,20-,21+/m0/s1. The van der Waals surface area contributed by atoms with Gasteiger partial charge in [-0.25, -0.2) is 0 Å². The monoisotopic (exact) mass is 485 g/mol. The first-order valence-electron chi connectivity index (χ1n) is 10.3. The number of benzene rings is 2. The topological polar surface area (TPSA) is 102 Å². The quantitative estimate of drug-likeness (QED) is 0.195. The zero-order valence-corrected chi connectivity index (χ0v) is 18.6. The molecule has 1 saturated carbocycles. The molecule has 168 valence electrons. The van der Waals surface area contributed by atoms with Crippen LogP contribution in [0.25, 0.3) is 0 Å². The summed E-state index contributed by atoms with van der Waals surface area (Å²) in [6.45, 7) is 0.121. The molecule has 33 heavy (non-hydrogen) atoms. The van der Waals surface area contributed by atoms with Crippen LogP contribution in [0, 0.1) is 33.8 Å². The molecular weight excluding hydrogens is 469 g/mol. The molecule has 1 saturated heterocycles. The van der Waals surface area contributed by atoms with Crippen LogP contribution in [0.4, 0.5) is 5.69 Å². The molecule has 0 spiro atoms. The maximum atomic E-state index is 12.8. The summed E-state index contributed by atoms with van der Waals surface area (Å²) in [4.78, 5) is 36.4. The van der Waals surface area contributed by atoms with E-state index >= 15 is 0 Å². The van der Waals surface area contributed by atoms with Gasteiger partial charge in [0, 0.05) is 17.7 Å². The lowest BCUT2D eigenvalue weighted by molar-refractivity contribution is -0.384. The predicted molar refractivity (Wildman–Crippen MR) is 121 cm³/mol. The Kier molecular flexibility index (Phi) is 5.42. The first-order valence-corrected chi connectivity index (χ1v) is 11.0. The van der Waals surface area contributed by atoms with Gasteiger partial charge in [0.25, 0.3) is 17.5 Å². The Morgan fingerprint density at radius 3 is 2.39 bits per heavy atom. The Labute approximate surface area is 198 Å². The fraction of sp³-hybridized carbons (Fsp3) is 0.261. The van der Waals surface area contributed by atoms with Crippen molar-refractivity contribution in [3.8, 4) is 5.75 Å². The van der Waals surface area contributed by atoms with Crippen LogP contribution in [0.15, 0.2) is 53.7 Å². The van der Waals surface area contributed by atoms with Gasteiger partial charge in [-0.1, -0.05) is 41.4 Å². The van der Waals surface area contributed by atoms with Crippen molar-refractivity contribution < 1.29 is 19.2 Å². The van der Waals surface area contributed by atoms with Gasteiger partial charge in [0.1, 0.15) is 12.4 Å². The average molecular weight is 486 g/mol. The molecule has 0 N–H and O–H groups in total. The minimum absolute atomic E-state index is 0.0690. The smallest absolute Gasteiger partial charge is 0.270 e. The number of hydrogen-bond acceptors (Lipinski definition) is 6. The number of hydrogen-bond donors (Lipinski definition) is 0. The molecule has 3 aliphatic rings. The van der Waals surface area contributed by atoms with Gasteiger partial charge in [0.2, 0.25) is 0 Å². The highest BCUT2D eigenvalue weighted by Gasteiger charge is 2.59. The summed E-state index contributed by atoms with van der Waals surface area (Å²) in [7, 11) is 0. The summed E-state index contributed by atoms with van der Waals surface area (Å²) >= 11 is 12.0. The van der Waals surface area contributed by atoms with Crippen LogP contribution >= 0.6 is 23.2 Å². The van der Waals surface area contributed by atoms with Crippen molar-refractivity contribution in [2.75, 3.05) is 0 Å². The van der Waals surface area contributed by atoms with E-state index in [4.69, 9.17) is 27.9 Å². The van der Waals surface area contributed by atoms with Gasteiger partial charge >= 0.3 is 0 Å². The van der Waals surface area contributed by atoms with Crippen LogP contribution in [0.3, 0.4) is 0 Å². The normalized spacial score (nSPS) is 25.3. The van der Waals surface area contributed by atoms with E-state index in [1.807, 2.05) is 12.2 Å². The lowest BCUT2D eigenvalue weighted by Crippen LogP contribution is -2.28. The highest BCUT2D eigenvalue weighted by molar-refractivity contribution is 6.42. The molecule has 2 aromatic carbocycles. The summed E-state index contributed by atoms with van der Waals surface area (Å²) in [6.07, 6.45) is 6.07. The number of imide groups is 1. The predicted octanol–water partition coefficient (Wildman–Crippen LogP) is 4.62. The Hall–Kier alpha value is -3.23. The largest absolute Gasteiger partial charge is 0.488 e. The van der Waals surface area contributed by atoms with Crippen molar-refractivity contribution in [1.29, 1.82) is 0 Å². The molecule has 2 aromatic rings. The maximum absolute atomic E-state index is 12.8. The van der Waals surface area contributed by atoms with E-state index in [2.05, 4.69) is 5.10 Å². The molecule has 10 heteroatoms. The van der Waals surface area contributed by atoms with E-state index in [1.165, 1.54) is 24.4 Å². The first kappa shape index (κ1) is 21.6. The molecular formula is C23H17Cl2N3O5. The van der Waals surface area contributed by atoms with E-state index in [0.29, 0.717) is 15.8 Å². The Balaban J connectivity index is 1.39. The molecule has 0 radical (unpaired) electrons. The minimum atomic E-state index is -0.542. The third kappa shape index (κ3) is 3.79. The molecule has 0 aromatic heterocycles. The van der Waals surface area contributed by atoms with Crippen LogP contribution in [0.1, 0.15) is 17.5 Å². The second-order valence-electron chi connectivity index (χ2n) is 8.25. The summed E-state index contributed by atoms with van der Waals surface area (Å²) in [5.41, 5.74) is 0.839. The zero-order chi connectivity index (χ0) is 23.3. The van der Waals surface area contributed by atoms with Gasteiger partial charge in [-0.15, -0.1) is 0 Å². The first-order chi connectivity index (χ1) is 15.8. The highest BCUT2D eigenvalue weighted by Crippen LogP contribution is 2.52. The summed E-state index contributed by atoms with van der Waals surface area (Å²) < 4.78 is 5.83. The summed E-state index contributed by atoms with van der Waals surface area (Å²) in [5.74, 6) is -0.973. The second kappa shape index (κ2) is 8.28. The molecule has 2 fully saturated rings. The lowest BCUT2D eigenvalue weighted by Gasteiger charge is -2.13. The van der Waals surface area contributed by atoms with Crippen LogP contribution in [-0.4, -0.2) is 28.0 Å². The number of hydrazone groups is 1. The number of fused-ring (bicyclic) bond motifs is 5. The number of ether oxygens (including phenoxy) is 1. The van der Waals surface area contributed by atoms with E-state index in [0.717, 1.165) is 17.0 Å². The molecule has 1 aliphatic heterocycles. The number of carbonyl (C=O) groups is 2. The average Bonchev–Trinajstić information content (AvgIpc) is 3.47. The Bertz CT molecular complexity index is 1210. The van der Waals surface area contributed by atoms with Gasteiger partial charge in [0.05, 0.1) is 33.0 Å². The number of rotatable bonds is 6. The van der Waals surface area contributed by atoms with Crippen molar-refractivity contribution in [2.45, 2.75) is 13.0 Å². The molecule has 1 heterocycles. The van der Waals surface area contributed by atoms with E-state index in [9.17, 15) is 19.7 Å². The van der Waals surface area contributed by atoms with Crippen molar-refractivity contribution in [3.63, 3.8) is 0 Å². The number of amides is 2. The highest BCUT2D eigenvalue weighted by atomic mass is 35.5.